The summed E-state index contributed by atoms with van der Waals surface area (Å²) >= 11 is 0. The van der Waals surface area contributed by atoms with E-state index >= 15 is 0 Å². The van der Waals surface area contributed by atoms with Gasteiger partial charge in [-0.3, -0.25) is 0 Å². The molecule has 0 spiro atoms. The molecule has 5 heteroatoms. The molecular formula is C15H21N3O2. The van der Waals surface area contributed by atoms with Crippen LogP contribution >= 0.6 is 0 Å². The van der Waals surface area contributed by atoms with Crippen LogP contribution in [0.4, 0.5) is 0 Å². The molecule has 2 rings (SSSR count). The number of para-hydroxylation sites is 2. The van der Waals surface area contributed by atoms with E-state index in [9.17, 15) is 0 Å². The first-order chi connectivity index (χ1) is 9.67. The van der Waals surface area contributed by atoms with Crippen molar-refractivity contribution in [2.75, 3.05) is 13.7 Å². The molecule has 1 heterocycles. The van der Waals surface area contributed by atoms with E-state index in [4.69, 9.17) is 9.47 Å². The summed E-state index contributed by atoms with van der Waals surface area (Å²) in [5, 5.41) is 7.74. The molecule has 0 bridgehead atoms. The third-order valence-corrected chi connectivity index (χ3v) is 3.12. The summed E-state index contributed by atoms with van der Waals surface area (Å²) < 4.78 is 13.1. The van der Waals surface area contributed by atoms with Gasteiger partial charge in [0, 0.05) is 13.6 Å². The highest BCUT2D eigenvalue weighted by Gasteiger charge is 2.16. The van der Waals surface area contributed by atoms with E-state index in [2.05, 4.69) is 17.3 Å². The van der Waals surface area contributed by atoms with Crippen LogP contribution in [0.25, 0.3) is 0 Å². The van der Waals surface area contributed by atoms with Gasteiger partial charge in [0.2, 0.25) is 5.88 Å². The third kappa shape index (κ3) is 2.93. The van der Waals surface area contributed by atoms with Crippen molar-refractivity contribution < 1.29 is 9.47 Å². The molecule has 0 aliphatic carbocycles. The molecule has 0 atom stereocenters. The van der Waals surface area contributed by atoms with Crippen LogP contribution in [0.3, 0.4) is 0 Å². The molecular weight excluding hydrogens is 254 g/mol. The van der Waals surface area contributed by atoms with Crippen LogP contribution in [-0.4, -0.2) is 23.4 Å². The molecule has 0 saturated heterocycles. The van der Waals surface area contributed by atoms with Gasteiger partial charge in [0.25, 0.3) is 0 Å². The number of nitrogens with one attached hydrogen (secondary N) is 1. The Morgan fingerprint density at radius 3 is 2.60 bits per heavy atom. The average molecular weight is 275 g/mol. The van der Waals surface area contributed by atoms with E-state index in [1.165, 1.54) is 0 Å². The summed E-state index contributed by atoms with van der Waals surface area (Å²) in [6.45, 7) is 5.71. The number of ether oxygens (including phenoxy) is 2. The highest BCUT2D eigenvalue weighted by Crippen LogP contribution is 2.33. The lowest BCUT2D eigenvalue weighted by Crippen LogP contribution is -2.13. The number of benzene rings is 1. The second-order valence-corrected chi connectivity index (χ2v) is 4.53. The van der Waals surface area contributed by atoms with Crippen LogP contribution in [0.15, 0.2) is 24.3 Å². The number of hydrogen-bond donors (Lipinski definition) is 1. The van der Waals surface area contributed by atoms with Crippen molar-refractivity contribution in [1.29, 1.82) is 0 Å². The van der Waals surface area contributed by atoms with E-state index < -0.39 is 0 Å². The number of hydrogen-bond acceptors (Lipinski definition) is 4. The quantitative estimate of drug-likeness (QED) is 0.880. The van der Waals surface area contributed by atoms with Gasteiger partial charge in [-0.1, -0.05) is 19.1 Å². The normalized spacial score (nSPS) is 10.6. The zero-order valence-electron chi connectivity index (χ0n) is 12.4. The molecule has 1 N–H and O–H groups in total. The van der Waals surface area contributed by atoms with Crippen LogP contribution in [-0.2, 0) is 13.6 Å². The Kier molecular flexibility index (Phi) is 4.63. The zero-order valence-corrected chi connectivity index (χ0v) is 12.4. The van der Waals surface area contributed by atoms with Crippen LogP contribution in [0.1, 0.15) is 18.2 Å². The van der Waals surface area contributed by atoms with Gasteiger partial charge >= 0.3 is 0 Å². The lowest BCUT2D eigenvalue weighted by molar-refractivity contribution is 0.363. The minimum atomic E-state index is 0.691. The number of nitrogens with zero attached hydrogens (tertiary/aromatic N) is 2. The van der Waals surface area contributed by atoms with Gasteiger partial charge in [-0.05, 0) is 25.6 Å². The standard InChI is InChI=1S/C15H21N3O2/c1-5-16-10-12-11(2)17-18(3)15(12)20-14-9-7-6-8-13(14)19-4/h6-9,16H,5,10H2,1-4H3. The van der Waals surface area contributed by atoms with Gasteiger partial charge in [-0.2, -0.15) is 5.10 Å². The molecule has 0 saturated carbocycles. The minimum Gasteiger partial charge on any atom is -0.493 e. The van der Waals surface area contributed by atoms with Crippen molar-refractivity contribution in [2.45, 2.75) is 20.4 Å². The molecule has 20 heavy (non-hydrogen) atoms. The Bertz CT molecular complexity index is 578. The van der Waals surface area contributed by atoms with Gasteiger partial charge in [-0.15, -0.1) is 0 Å². The summed E-state index contributed by atoms with van der Waals surface area (Å²) in [6, 6.07) is 7.60. The lowest BCUT2D eigenvalue weighted by atomic mass is 10.2. The molecule has 0 fully saturated rings. The topological polar surface area (TPSA) is 48.3 Å². The average Bonchev–Trinajstić information content (AvgIpc) is 2.71. The van der Waals surface area contributed by atoms with E-state index in [0.717, 1.165) is 30.2 Å². The van der Waals surface area contributed by atoms with Gasteiger partial charge < -0.3 is 14.8 Å². The fourth-order valence-electron chi connectivity index (χ4n) is 2.07. The fourth-order valence-corrected chi connectivity index (χ4v) is 2.07. The zero-order chi connectivity index (χ0) is 14.5. The van der Waals surface area contributed by atoms with Gasteiger partial charge in [-0.25, -0.2) is 4.68 Å². The molecule has 0 radical (unpaired) electrons. The first-order valence-electron chi connectivity index (χ1n) is 6.71. The van der Waals surface area contributed by atoms with Crippen molar-refractivity contribution in [3.63, 3.8) is 0 Å². The molecule has 1 aromatic heterocycles. The van der Waals surface area contributed by atoms with E-state index in [1.807, 2.05) is 38.2 Å². The van der Waals surface area contributed by atoms with Gasteiger partial charge in [0.15, 0.2) is 11.5 Å². The minimum absolute atomic E-state index is 0.691. The number of aryl methyl sites for hydroxylation is 2. The van der Waals surface area contributed by atoms with Crippen LogP contribution in [0.5, 0.6) is 17.4 Å². The third-order valence-electron chi connectivity index (χ3n) is 3.12. The molecule has 0 unspecified atom stereocenters. The first kappa shape index (κ1) is 14.4. The molecule has 0 amide bonds. The molecule has 0 aliphatic rings. The summed E-state index contributed by atoms with van der Waals surface area (Å²) in [4.78, 5) is 0. The Morgan fingerprint density at radius 1 is 1.25 bits per heavy atom. The molecule has 2 aromatic rings. The number of methoxy groups -OCH3 is 1. The van der Waals surface area contributed by atoms with Crippen molar-refractivity contribution in [3.8, 4) is 17.4 Å². The maximum absolute atomic E-state index is 6.02. The van der Waals surface area contributed by atoms with Crippen LogP contribution in [0, 0.1) is 6.92 Å². The van der Waals surface area contributed by atoms with Crippen LogP contribution in [0.2, 0.25) is 0 Å². The maximum Gasteiger partial charge on any atom is 0.222 e. The highest BCUT2D eigenvalue weighted by molar-refractivity contribution is 5.43. The number of aromatic nitrogens is 2. The SMILES string of the molecule is CCNCc1c(C)nn(C)c1Oc1ccccc1OC. The summed E-state index contributed by atoms with van der Waals surface area (Å²) in [5.74, 6) is 2.14. The van der Waals surface area contributed by atoms with Crippen molar-refractivity contribution in [1.82, 2.24) is 15.1 Å². The van der Waals surface area contributed by atoms with Crippen LogP contribution < -0.4 is 14.8 Å². The first-order valence-corrected chi connectivity index (χ1v) is 6.71. The summed E-state index contributed by atoms with van der Waals surface area (Å²) in [5.41, 5.74) is 2.04. The Labute approximate surface area is 119 Å². The second-order valence-electron chi connectivity index (χ2n) is 4.53. The van der Waals surface area contributed by atoms with E-state index in [0.29, 0.717) is 11.5 Å². The smallest absolute Gasteiger partial charge is 0.222 e. The Hall–Kier alpha value is -2.01. The maximum atomic E-state index is 6.02. The Balaban J connectivity index is 2.32. The summed E-state index contributed by atoms with van der Waals surface area (Å²) in [6.07, 6.45) is 0. The highest BCUT2D eigenvalue weighted by atomic mass is 16.5. The molecule has 1 aromatic carbocycles. The number of rotatable bonds is 6. The van der Waals surface area contributed by atoms with Crippen molar-refractivity contribution in [2.24, 2.45) is 7.05 Å². The molecule has 108 valence electrons. The largest absolute Gasteiger partial charge is 0.493 e. The van der Waals surface area contributed by atoms with Gasteiger partial charge in [0.1, 0.15) is 0 Å². The van der Waals surface area contributed by atoms with Crippen molar-refractivity contribution in [3.05, 3.63) is 35.5 Å². The van der Waals surface area contributed by atoms with Crippen molar-refractivity contribution >= 4 is 0 Å². The van der Waals surface area contributed by atoms with E-state index in [-0.39, 0.29) is 0 Å². The van der Waals surface area contributed by atoms with Gasteiger partial charge in [0.05, 0.1) is 18.4 Å². The summed E-state index contributed by atoms with van der Waals surface area (Å²) in [7, 11) is 3.52. The predicted octanol–water partition coefficient (Wildman–Crippen LogP) is 2.64. The molecule has 0 aliphatic heterocycles. The monoisotopic (exact) mass is 275 g/mol. The Morgan fingerprint density at radius 2 is 1.95 bits per heavy atom. The molecule has 5 nitrogen and oxygen atoms in total. The van der Waals surface area contributed by atoms with E-state index in [1.54, 1.807) is 11.8 Å². The second kappa shape index (κ2) is 6.43. The fraction of sp³-hybridized carbons (Fsp3) is 0.400. The lowest BCUT2D eigenvalue weighted by Gasteiger charge is -2.12. The predicted molar refractivity (Wildman–Crippen MR) is 78.4 cm³/mol.